The molecule has 0 saturated heterocycles. The number of benzene rings is 1. The molecule has 2 N–H and O–H groups in total. The van der Waals surface area contributed by atoms with Gasteiger partial charge in [0.25, 0.3) is 0 Å². The molecule has 0 unspecified atom stereocenters. The summed E-state index contributed by atoms with van der Waals surface area (Å²) in [5.74, 6) is -0.701. The van der Waals surface area contributed by atoms with Gasteiger partial charge in [0.05, 0.1) is 10.5 Å². The number of nitrogens with one attached hydrogen (secondary N) is 1. The summed E-state index contributed by atoms with van der Waals surface area (Å²) in [7, 11) is -3.62. The molecule has 1 aliphatic rings. The second-order valence-corrected chi connectivity index (χ2v) is 6.70. The van der Waals surface area contributed by atoms with Crippen molar-refractivity contribution in [2.75, 3.05) is 6.54 Å². The number of rotatable bonds is 5. The van der Waals surface area contributed by atoms with E-state index in [1.807, 2.05) is 0 Å². The van der Waals surface area contributed by atoms with Gasteiger partial charge in [-0.3, -0.25) is 0 Å². The summed E-state index contributed by atoms with van der Waals surface area (Å²) in [6.07, 6.45) is 3.26. The molecular formula is C13H17NO4S. The first-order valence-electron chi connectivity index (χ1n) is 6.24. The molecule has 0 heterocycles. The van der Waals surface area contributed by atoms with Crippen LogP contribution >= 0.6 is 0 Å². The lowest BCUT2D eigenvalue weighted by molar-refractivity contribution is 0.0696. The van der Waals surface area contributed by atoms with Crippen LogP contribution in [0.25, 0.3) is 0 Å². The molecule has 1 aromatic rings. The van der Waals surface area contributed by atoms with Gasteiger partial charge in [-0.05, 0) is 43.4 Å². The van der Waals surface area contributed by atoms with Crippen molar-refractivity contribution in [3.8, 4) is 0 Å². The van der Waals surface area contributed by atoms with Crippen LogP contribution in [0.5, 0.6) is 0 Å². The molecule has 1 fully saturated rings. The molecule has 0 aromatic heterocycles. The second kappa shape index (κ2) is 5.30. The molecular weight excluding hydrogens is 266 g/mol. The third-order valence-electron chi connectivity index (χ3n) is 3.54. The van der Waals surface area contributed by atoms with Crippen LogP contribution < -0.4 is 4.72 Å². The van der Waals surface area contributed by atoms with Gasteiger partial charge in [-0.2, -0.15) is 0 Å². The quantitative estimate of drug-likeness (QED) is 0.862. The zero-order valence-electron chi connectivity index (χ0n) is 10.7. The van der Waals surface area contributed by atoms with Crippen LogP contribution in [0.4, 0.5) is 0 Å². The fourth-order valence-electron chi connectivity index (χ4n) is 2.01. The van der Waals surface area contributed by atoms with Crippen LogP contribution in [0.3, 0.4) is 0 Å². The molecule has 0 spiro atoms. The number of carbonyl (C=O) groups is 1. The Morgan fingerprint density at radius 1 is 1.42 bits per heavy atom. The molecule has 19 heavy (non-hydrogen) atoms. The predicted octanol–water partition coefficient (Wildman–Crippen LogP) is 1.77. The van der Waals surface area contributed by atoms with Crippen molar-refractivity contribution in [1.29, 1.82) is 0 Å². The smallest absolute Gasteiger partial charge is 0.335 e. The first-order chi connectivity index (χ1) is 8.90. The van der Waals surface area contributed by atoms with Crippen molar-refractivity contribution in [3.05, 3.63) is 29.3 Å². The number of carboxylic acid groups (broad SMARTS) is 1. The van der Waals surface area contributed by atoms with Crippen molar-refractivity contribution in [2.24, 2.45) is 5.92 Å². The van der Waals surface area contributed by atoms with Crippen molar-refractivity contribution in [2.45, 2.75) is 31.1 Å². The maximum Gasteiger partial charge on any atom is 0.335 e. The summed E-state index contributed by atoms with van der Waals surface area (Å²) < 4.78 is 26.7. The lowest BCUT2D eigenvalue weighted by Gasteiger charge is -2.25. The number of aromatic carboxylic acids is 1. The van der Waals surface area contributed by atoms with E-state index in [9.17, 15) is 13.2 Å². The van der Waals surface area contributed by atoms with Crippen LogP contribution in [-0.2, 0) is 10.0 Å². The summed E-state index contributed by atoms with van der Waals surface area (Å²) in [6, 6.07) is 4.16. The Balaban J connectivity index is 2.19. The minimum atomic E-state index is -3.62. The molecule has 6 heteroatoms. The molecule has 1 saturated carbocycles. The summed E-state index contributed by atoms with van der Waals surface area (Å²) in [6.45, 7) is 2.07. The highest BCUT2D eigenvalue weighted by molar-refractivity contribution is 7.89. The molecule has 0 atom stereocenters. The Kier molecular flexibility index (Phi) is 3.91. The predicted molar refractivity (Wildman–Crippen MR) is 70.7 cm³/mol. The van der Waals surface area contributed by atoms with Gasteiger partial charge in [-0.25, -0.2) is 17.9 Å². The Hall–Kier alpha value is -1.40. The number of hydrogen-bond acceptors (Lipinski definition) is 3. The number of sulfonamides is 1. The van der Waals surface area contributed by atoms with E-state index >= 15 is 0 Å². The van der Waals surface area contributed by atoms with Crippen LogP contribution in [0.2, 0.25) is 0 Å². The molecule has 1 aromatic carbocycles. The SMILES string of the molecule is Cc1ccc(S(=O)(=O)NCC2CCC2)cc1C(=O)O. The van der Waals surface area contributed by atoms with Gasteiger partial charge in [-0.1, -0.05) is 12.5 Å². The van der Waals surface area contributed by atoms with Crippen LogP contribution in [0, 0.1) is 12.8 Å². The summed E-state index contributed by atoms with van der Waals surface area (Å²) in [4.78, 5) is 11.0. The molecule has 2 rings (SSSR count). The third-order valence-corrected chi connectivity index (χ3v) is 4.96. The first-order valence-corrected chi connectivity index (χ1v) is 7.72. The Morgan fingerprint density at radius 3 is 2.63 bits per heavy atom. The van der Waals surface area contributed by atoms with E-state index in [2.05, 4.69) is 4.72 Å². The maximum atomic E-state index is 12.1. The number of hydrogen-bond donors (Lipinski definition) is 2. The lowest BCUT2D eigenvalue weighted by atomic mass is 9.86. The molecule has 0 bridgehead atoms. The highest BCUT2D eigenvalue weighted by Crippen LogP contribution is 2.26. The van der Waals surface area contributed by atoms with Crippen molar-refractivity contribution < 1.29 is 18.3 Å². The number of aryl methyl sites for hydroxylation is 1. The fraction of sp³-hybridized carbons (Fsp3) is 0.462. The summed E-state index contributed by atoms with van der Waals surface area (Å²) >= 11 is 0. The normalized spacial score (nSPS) is 16.1. The Bertz CT molecular complexity index is 591. The summed E-state index contributed by atoms with van der Waals surface area (Å²) in [5.41, 5.74) is 0.567. The largest absolute Gasteiger partial charge is 0.478 e. The molecule has 0 aliphatic heterocycles. The van der Waals surface area contributed by atoms with Crippen molar-refractivity contribution in [1.82, 2.24) is 4.72 Å². The van der Waals surface area contributed by atoms with Crippen molar-refractivity contribution >= 4 is 16.0 Å². The minimum absolute atomic E-state index is 0.00910. The average molecular weight is 283 g/mol. The molecule has 0 amide bonds. The topological polar surface area (TPSA) is 83.5 Å². The van der Waals surface area contributed by atoms with E-state index in [4.69, 9.17) is 5.11 Å². The highest BCUT2D eigenvalue weighted by atomic mass is 32.2. The van der Waals surface area contributed by atoms with Crippen LogP contribution in [0.1, 0.15) is 35.2 Å². The second-order valence-electron chi connectivity index (χ2n) is 4.93. The maximum absolute atomic E-state index is 12.1. The Morgan fingerprint density at radius 2 is 2.11 bits per heavy atom. The minimum Gasteiger partial charge on any atom is -0.478 e. The standard InChI is InChI=1S/C13H17NO4S/c1-9-5-6-11(7-12(9)13(15)16)19(17,18)14-8-10-3-2-4-10/h5-7,10,14H,2-4,8H2,1H3,(H,15,16). The zero-order valence-corrected chi connectivity index (χ0v) is 11.5. The van der Waals surface area contributed by atoms with Gasteiger partial charge in [0.1, 0.15) is 0 Å². The van der Waals surface area contributed by atoms with E-state index in [0.717, 1.165) is 19.3 Å². The molecule has 0 radical (unpaired) electrons. The Labute approximate surface area is 112 Å². The fourth-order valence-corrected chi connectivity index (χ4v) is 3.15. The van der Waals surface area contributed by atoms with Gasteiger partial charge < -0.3 is 5.11 Å². The van der Waals surface area contributed by atoms with Gasteiger partial charge in [0.2, 0.25) is 10.0 Å². The van der Waals surface area contributed by atoms with Crippen LogP contribution in [-0.4, -0.2) is 26.0 Å². The third kappa shape index (κ3) is 3.13. The average Bonchev–Trinajstić information content (AvgIpc) is 2.26. The van der Waals surface area contributed by atoms with Crippen LogP contribution in [0.15, 0.2) is 23.1 Å². The van der Waals surface area contributed by atoms with E-state index in [1.165, 1.54) is 18.2 Å². The monoisotopic (exact) mass is 283 g/mol. The van der Waals surface area contributed by atoms with E-state index in [-0.39, 0.29) is 10.5 Å². The van der Waals surface area contributed by atoms with Gasteiger partial charge >= 0.3 is 5.97 Å². The van der Waals surface area contributed by atoms with E-state index in [1.54, 1.807) is 6.92 Å². The zero-order chi connectivity index (χ0) is 14.0. The van der Waals surface area contributed by atoms with Gasteiger partial charge in [-0.15, -0.1) is 0 Å². The molecule has 1 aliphatic carbocycles. The number of carboxylic acids is 1. The van der Waals surface area contributed by atoms with Gasteiger partial charge in [0.15, 0.2) is 0 Å². The lowest BCUT2D eigenvalue weighted by Crippen LogP contribution is -2.32. The van der Waals surface area contributed by atoms with E-state index < -0.39 is 16.0 Å². The van der Waals surface area contributed by atoms with Gasteiger partial charge in [0, 0.05) is 6.54 Å². The first kappa shape index (κ1) is 14.0. The molecule has 104 valence electrons. The highest BCUT2D eigenvalue weighted by Gasteiger charge is 2.22. The molecule has 5 nitrogen and oxygen atoms in total. The van der Waals surface area contributed by atoms with Crippen molar-refractivity contribution in [3.63, 3.8) is 0 Å². The summed E-state index contributed by atoms with van der Waals surface area (Å²) in [5, 5.41) is 9.01. The van der Waals surface area contributed by atoms with E-state index in [0.29, 0.717) is 18.0 Å².